The smallest absolute Gasteiger partial charge is 0.250 e. The second-order valence-electron chi connectivity index (χ2n) is 5.12. The zero-order chi connectivity index (χ0) is 13.4. The molecule has 1 fully saturated rings. The molecule has 1 saturated carbocycles. The highest BCUT2D eigenvalue weighted by Crippen LogP contribution is 2.32. The van der Waals surface area contributed by atoms with E-state index in [9.17, 15) is 8.42 Å². The first kappa shape index (κ1) is 14.0. The number of rotatable bonds is 4. The van der Waals surface area contributed by atoms with Gasteiger partial charge in [0, 0.05) is 17.0 Å². The van der Waals surface area contributed by atoms with Crippen LogP contribution in [0.3, 0.4) is 0 Å². The van der Waals surface area contributed by atoms with Crippen molar-refractivity contribution in [1.29, 1.82) is 0 Å². The summed E-state index contributed by atoms with van der Waals surface area (Å²) < 4.78 is 28.1. The number of sulfonamides is 1. The Morgan fingerprint density at radius 1 is 1.39 bits per heavy atom. The van der Waals surface area contributed by atoms with Gasteiger partial charge in [-0.3, -0.25) is 0 Å². The fraction of sp³-hybridized carbons (Fsp3) is 0.667. The van der Waals surface area contributed by atoms with Crippen LogP contribution in [-0.4, -0.2) is 20.5 Å². The first-order valence-corrected chi connectivity index (χ1v) is 8.50. The normalized spacial score (nSPS) is 19.3. The van der Waals surface area contributed by atoms with E-state index >= 15 is 0 Å². The summed E-state index contributed by atoms with van der Waals surface area (Å²) in [5.74, 6) is 0. The Kier molecular flexibility index (Phi) is 3.82. The van der Waals surface area contributed by atoms with Gasteiger partial charge in [0.25, 0.3) is 10.0 Å². The number of hydrogen-bond acceptors (Lipinski definition) is 4. The van der Waals surface area contributed by atoms with Crippen LogP contribution in [0.4, 0.5) is 0 Å². The summed E-state index contributed by atoms with van der Waals surface area (Å²) in [4.78, 5) is 1.01. The van der Waals surface area contributed by atoms with Crippen molar-refractivity contribution in [2.24, 2.45) is 5.73 Å². The average Bonchev–Trinajstić information content (AvgIpc) is 2.86. The molecule has 1 aliphatic rings. The summed E-state index contributed by atoms with van der Waals surface area (Å²) >= 11 is 1.32. The Hall–Kier alpha value is -0.430. The van der Waals surface area contributed by atoms with Gasteiger partial charge in [-0.2, -0.15) is 0 Å². The van der Waals surface area contributed by atoms with Crippen molar-refractivity contribution in [2.45, 2.75) is 49.3 Å². The van der Waals surface area contributed by atoms with E-state index in [0.29, 0.717) is 10.8 Å². The summed E-state index contributed by atoms with van der Waals surface area (Å²) in [6.07, 6.45) is 3.77. The molecule has 102 valence electrons. The van der Waals surface area contributed by atoms with Gasteiger partial charge in [0.15, 0.2) is 0 Å². The maximum Gasteiger partial charge on any atom is 0.250 e. The largest absolute Gasteiger partial charge is 0.329 e. The van der Waals surface area contributed by atoms with Crippen LogP contribution in [0.5, 0.6) is 0 Å². The molecule has 6 heteroatoms. The van der Waals surface area contributed by atoms with E-state index in [2.05, 4.69) is 4.72 Å². The maximum atomic E-state index is 12.4. The van der Waals surface area contributed by atoms with Crippen LogP contribution >= 0.6 is 11.3 Å². The lowest BCUT2D eigenvalue weighted by Crippen LogP contribution is -2.51. The molecule has 3 N–H and O–H groups in total. The fourth-order valence-corrected chi connectivity index (χ4v) is 5.76. The van der Waals surface area contributed by atoms with Gasteiger partial charge in [-0.05, 0) is 38.3 Å². The number of hydrogen-bond donors (Lipinski definition) is 2. The third-order valence-electron chi connectivity index (χ3n) is 3.54. The molecule has 0 saturated heterocycles. The molecule has 4 nitrogen and oxygen atoms in total. The third kappa shape index (κ3) is 2.61. The second kappa shape index (κ2) is 4.92. The fourth-order valence-electron chi connectivity index (χ4n) is 2.62. The lowest BCUT2D eigenvalue weighted by molar-refractivity contribution is 0.400. The van der Waals surface area contributed by atoms with Gasteiger partial charge in [-0.15, -0.1) is 11.3 Å². The van der Waals surface area contributed by atoms with Gasteiger partial charge in [-0.25, -0.2) is 13.1 Å². The molecular weight excluding hydrogens is 268 g/mol. The number of aryl methyl sites for hydroxylation is 2. The number of thiophene rings is 1. The molecule has 2 rings (SSSR count). The minimum Gasteiger partial charge on any atom is -0.329 e. The molecule has 1 aromatic rings. The van der Waals surface area contributed by atoms with E-state index < -0.39 is 15.6 Å². The molecule has 18 heavy (non-hydrogen) atoms. The minimum atomic E-state index is -3.44. The maximum absolute atomic E-state index is 12.4. The van der Waals surface area contributed by atoms with Crippen molar-refractivity contribution in [3.05, 3.63) is 16.5 Å². The monoisotopic (exact) mass is 288 g/mol. The molecule has 1 heterocycles. The Bertz CT molecular complexity index is 528. The van der Waals surface area contributed by atoms with Gasteiger partial charge >= 0.3 is 0 Å². The van der Waals surface area contributed by atoms with Crippen molar-refractivity contribution < 1.29 is 8.42 Å². The summed E-state index contributed by atoms with van der Waals surface area (Å²) in [6.45, 7) is 4.13. The Morgan fingerprint density at radius 2 is 2.00 bits per heavy atom. The van der Waals surface area contributed by atoms with E-state index in [1.165, 1.54) is 11.3 Å². The average molecular weight is 288 g/mol. The van der Waals surface area contributed by atoms with Crippen LogP contribution < -0.4 is 10.5 Å². The van der Waals surface area contributed by atoms with E-state index in [4.69, 9.17) is 5.73 Å². The quantitative estimate of drug-likeness (QED) is 0.889. The molecular formula is C12H20N2O2S2. The van der Waals surface area contributed by atoms with Crippen molar-refractivity contribution in [3.63, 3.8) is 0 Å². The van der Waals surface area contributed by atoms with E-state index in [1.807, 2.05) is 19.9 Å². The van der Waals surface area contributed by atoms with Gasteiger partial charge in [0.05, 0.1) is 0 Å². The van der Waals surface area contributed by atoms with Crippen LogP contribution in [0.2, 0.25) is 0 Å². The number of nitrogens with two attached hydrogens (primary N) is 1. The highest BCUT2D eigenvalue weighted by Gasteiger charge is 2.37. The van der Waals surface area contributed by atoms with Crippen molar-refractivity contribution in [3.8, 4) is 0 Å². The van der Waals surface area contributed by atoms with Crippen LogP contribution in [0, 0.1) is 13.8 Å². The van der Waals surface area contributed by atoms with Crippen LogP contribution in [0.15, 0.2) is 10.3 Å². The molecule has 0 aromatic carbocycles. The first-order valence-electron chi connectivity index (χ1n) is 6.20. The molecule has 0 spiro atoms. The summed E-state index contributed by atoms with van der Waals surface area (Å²) in [6, 6.07) is 1.91. The second-order valence-corrected chi connectivity index (χ2v) is 8.26. The van der Waals surface area contributed by atoms with Crippen molar-refractivity contribution >= 4 is 21.4 Å². The molecule has 0 radical (unpaired) electrons. The van der Waals surface area contributed by atoms with Crippen molar-refractivity contribution in [2.75, 3.05) is 6.54 Å². The van der Waals surface area contributed by atoms with E-state index in [1.54, 1.807) is 0 Å². The van der Waals surface area contributed by atoms with Crippen LogP contribution in [0.25, 0.3) is 0 Å². The highest BCUT2D eigenvalue weighted by atomic mass is 32.2. The third-order valence-corrected chi connectivity index (χ3v) is 6.91. The molecule has 0 atom stereocenters. The Labute approximate surface area is 113 Å². The molecule has 1 aliphatic carbocycles. The van der Waals surface area contributed by atoms with Crippen LogP contribution in [0.1, 0.15) is 36.1 Å². The Balaban J connectivity index is 2.29. The lowest BCUT2D eigenvalue weighted by atomic mass is 10.0. The zero-order valence-corrected chi connectivity index (χ0v) is 12.5. The summed E-state index contributed by atoms with van der Waals surface area (Å²) in [7, 11) is -3.44. The summed E-state index contributed by atoms with van der Waals surface area (Å²) in [5.41, 5.74) is 6.16. The molecule has 0 bridgehead atoms. The van der Waals surface area contributed by atoms with E-state index in [-0.39, 0.29) is 0 Å². The van der Waals surface area contributed by atoms with Crippen LogP contribution in [-0.2, 0) is 10.0 Å². The molecule has 0 aliphatic heterocycles. The molecule has 1 aromatic heterocycles. The van der Waals surface area contributed by atoms with Crippen molar-refractivity contribution in [1.82, 2.24) is 4.72 Å². The van der Waals surface area contributed by atoms with E-state index in [0.717, 1.165) is 36.1 Å². The van der Waals surface area contributed by atoms with Gasteiger partial charge in [-0.1, -0.05) is 12.8 Å². The standard InChI is InChI=1S/C12H20N2O2S2/c1-9-7-10(2)17-11(9)18(15,16)14-12(8-13)5-3-4-6-12/h7,14H,3-6,8,13H2,1-2H3. The number of nitrogens with one attached hydrogen (secondary N) is 1. The molecule has 0 unspecified atom stereocenters. The Morgan fingerprint density at radius 3 is 2.44 bits per heavy atom. The predicted octanol–water partition coefficient (Wildman–Crippen LogP) is 1.91. The van der Waals surface area contributed by atoms with Gasteiger partial charge < -0.3 is 5.73 Å². The lowest BCUT2D eigenvalue weighted by Gasteiger charge is -2.28. The molecule has 0 amide bonds. The van der Waals surface area contributed by atoms with Gasteiger partial charge in [0.1, 0.15) is 4.21 Å². The summed E-state index contributed by atoms with van der Waals surface area (Å²) in [5, 5.41) is 0. The predicted molar refractivity (Wildman–Crippen MR) is 74.4 cm³/mol. The SMILES string of the molecule is Cc1cc(C)c(S(=O)(=O)NC2(CN)CCCC2)s1. The topological polar surface area (TPSA) is 72.2 Å². The first-order chi connectivity index (χ1) is 8.38. The highest BCUT2D eigenvalue weighted by molar-refractivity contribution is 7.91. The minimum absolute atomic E-state index is 0.371. The zero-order valence-electron chi connectivity index (χ0n) is 10.8. The van der Waals surface area contributed by atoms with Gasteiger partial charge in [0.2, 0.25) is 0 Å².